The lowest BCUT2D eigenvalue weighted by atomic mass is 9.91. The molecule has 0 aromatic carbocycles. The summed E-state index contributed by atoms with van der Waals surface area (Å²) in [6, 6.07) is 0.195. The van der Waals surface area contributed by atoms with Gasteiger partial charge in [-0.15, -0.1) is 0 Å². The lowest BCUT2D eigenvalue weighted by molar-refractivity contribution is -0.135. The first-order valence-corrected chi connectivity index (χ1v) is 7.24. The molecule has 0 spiro atoms. The van der Waals surface area contributed by atoms with Crippen molar-refractivity contribution in [3.05, 3.63) is 0 Å². The third-order valence-corrected chi connectivity index (χ3v) is 5.78. The molecule has 3 heteroatoms. The molecule has 2 fully saturated rings. The van der Waals surface area contributed by atoms with Crippen molar-refractivity contribution in [3.8, 4) is 0 Å². The minimum Gasteiger partial charge on any atom is -0.342 e. The van der Waals surface area contributed by atoms with Gasteiger partial charge in [-0.3, -0.25) is 4.79 Å². The molecule has 0 aromatic heterocycles. The van der Waals surface area contributed by atoms with Crippen molar-refractivity contribution in [2.45, 2.75) is 53.5 Å². The second-order valence-corrected chi connectivity index (χ2v) is 7.42. The number of rotatable bonds is 2. The summed E-state index contributed by atoms with van der Waals surface area (Å²) in [4.78, 5) is 14.7. The quantitative estimate of drug-likeness (QED) is 0.819. The van der Waals surface area contributed by atoms with E-state index in [2.05, 4.69) is 39.5 Å². The van der Waals surface area contributed by atoms with Crippen molar-refractivity contribution in [2.24, 2.45) is 28.4 Å². The molecular weight excluding hydrogens is 224 g/mol. The van der Waals surface area contributed by atoms with Gasteiger partial charge in [0.15, 0.2) is 0 Å². The third-order valence-electron chi connectivity index (χ3n) is 5.78. The Balaban J connectivity index is 2.03. The molecule has 2 N–H and O–H groups in total. The van der Waals surface area contributed by atoms with Gasteiger partial charge < -0.3 is 10.6 Å². The van der Waals surface area contributed by atoms with E-state index >= 15 is 0 Å². The zero-order valence-electron chi connectivity index (χ0n) is 12.5. The zero-order valence-corrected chi connectivity index (χ0v) is 12.5. The van der Waals surface area contributed by atoms with E-state index in [1.165, 1.54) is 6.42 Å². The Hall–Kier alpha value is -0.570. The predicted molar refractivity (Wildman–Crippen MR) is 74.0 cm³/mol. The molecule has 2 aliphatic rings. The van der Waals surface area contributed by atoms with Crippen molar-refractivity contribution in [1.82, 2.24) is 4.90 Å². The van der Waals surface area contributed by atoms with Gasteiger partial charge >= 0.3 is 0 Å². The second kappa shape index (κ2) is 4.22. The van der Waals surface area contributed by atoms with Crippen LogP contribution >= 0.6 is 0 Å². The van der Waals surface area contributed by atoms with Crippen LogP contribution in [0.15, 0.2) is 0 Å². The summed E-state index contributed by atoms with van der Waals surface area (Å²) in [7, 11) is 0. The highest BCUT2D eigenvalue weighted by Gasteiger charge is 2.68. The molecule has 1 aliphatic carbocycles. The monoisotopic (exact) mass is 252 g/mol. The molecule has 1 saturated carbocycles. The maximum absolute atomic E-state index is 12.6. The fourth-order valence-corrected chi connectivity index (χ4v) is 3.64. The Morgan fingerprint density at radius 2 is 1.83 bits per heavy atom. The number of nitrogens with zero attached hydrogens (tertiary/aromatic N) is 1. The van der Waals surface area contributed by atoms with Crippen molar-refractivity contribution < 1.29 is 4.79 Å². The van der Waals surface area contributed by atoms with Gasteiger partial charge in [0, 0.05) is 25.0 Å². The van der Waals surface area contributed by atoms with E-state index in [0.717, 1.165) is 19.5 Å². The fourth-order valence-electron chi connectivity index (χ4n) is 3.64. The minimum absolute atomic E-state index is 0.144. The minimum atomic E-state index is 0.144. The number of piperidine rings is 1. The summed E-state index contributed by atoms with van der Waals surface area (Å²) in [5.41, 5.74) is 6.28. The molecule has 1 saturated heterocycles. The van der Waals surface area contributed by atoms with Crippen LogP contribution in [0.2, 0.25) is 0 Å². The molecule has 1 heterocycles. The number of carbonyl (C=O) groups is 1. The average Bonchev–Trinajstić information content (AvgIpc) is 2.69. The van der Waals surface area contributed by atoms with E-state index in [0.29, 0.717) is 11.8 Å². The zero-order chi connectivity index (χ0) is 13.7. The highest BCUT2D eigenvalue weighted by atomic mass is 16.2. The van der Waals surface area contributed by atoms with Crippen LogP contribution in [-0.2, 0) is 4.79 Å². The molecule has 2 atom stereocenters. The van der Waals surface area contributed by atoms with Crippen LogP contribution in [0.4, 0.5) is 0 Å². The second-order valence-electron chi connectivity index (χ2n) is 7.42. The van der Waals surface area contributed by atoms with E-state index < -0.39 is 0 Å². The van der Waals surface area contributed by atoms with Gasteiger partial charge in [0.2, 0.25) is 5.91 Å². The highest BCUT2D eigenvalue weighted by molar-refractivity contribution is 5.84. The number of carbonyl (C=O) groups excluding carboxylic acids is 1. The summed E-state index contributed by atoms with van der Waals surface area (Å²) in [5.74, 6) is 1.03. The topological polar surface area (TPSA) is 46.3 Å². The van der Waals surface area contributed by atoms with Gasteiger partial charge in [-0.2, -0.15) is 0 Å². The molecule has 104 valence electrons. The molecule has 2 rings (SSSR count). The molecule has 0 aromatic rings. The number of hydrogen-bond acceptors (Lipinski definition) is 2. The van der Waals surface area contributed by atoms with Crippen molar-refractivity contribution in [1.29, 1.82) is 0 Å². The maximum atomic E-state index is 12.6. The van der Waals surface area contributed by atoms with Crippen molar-refractivity contribution in [3.63, 3.8) is 0 Å². The number of amides is 1. The Morgan fingerprint density at radius 1 is 1.28 bits per heavy atom. The largest absolute Gasteiger partial charge is 0.342 e. The summed E-state index contributed by atoms with van der Waals surface area (Å²) >= 11 is 0. The average molecular weight is 252 g/mol. The van der Waals surface area contributed by atoms with Gasteiger partial charge in [0.1, 0.15) is 0 Å². The van der Waals surface area contributed by atoms with Gasteiger partial charge in [0.25, 0.3) is 0 Å². The number of nitrogens with two attached hydrogens (primary N) is 1. The molecule has 1 aliphatic heterocycles. The molecule has 1 amide bonds. The Bertz CT molecular complexity index is 332. The van der Waals surface area contributed by atoms with Crippen LogP contribution < -0.4 is 5.73 Å². The van der Waals surface area contributed by atoms with Gasteiger partial charge in [-0.05, 0) is 36.5 Å². The first-order valence-electron chi connectivity index (χ1n) is 7.24. The third kappa shape index (κ3) is 1.97. The van der Waals surface area contributed by atoms with Crippen LogP contribution in [0.5, 0.6) is 0 Å². The summed E-state index contributed by atoms with van der Waals surface area (Å²) in [5, 5.41) is 0. The number of hydrogen-bond donors (Lipinski definition) is 1. The smallest absolute Gasteiger partial charge is 0.226 e. The summed E-state index contributed by atoms with van der Waals surface area (Å²) in [6.45, 7) is 12.7. The van der Waals surface area contributed by atoms with Gasteiger partial charge in [-0.1, -0.05) is 27.7 Å². The maximum Gasteiger partial charge on any atom is 0.226 e. The van der Waals surface area contributed by atoms with Crippen LogP contribution in [0.25, 0.3) is 0 Å². The molecule has 0 bridgehead atoms. The molecule has 3 nitrogen and oxygen atoms in total. The van der Waals surface area contributed by atoms with E-state index in [9.17, 15) is 4.79 Å². The summed E-state index contributed by atoms with van der Waals surface area (Å²) in [6.07, 6.45) is 2.27. The molecule has 18 heavy (non-hydrogen) atoms. The van der Waals surface area contributed by atoms with Crippen LogP contribution in [0.3, 0.4) is 0 Å². The van der Waals surface area contributed by atoms with E-state index in [4.69, 9.17) is 5.73 Å². The first-order chi connectivity index (χ1) is 8.19. The lowest BCUT2D eigenvalue weighted by Gasteiger charge is -2.35. The van der Waals surface area contributed by atoms with Crippen LogP contribution in [-0.4, -0.2) is 29.9 Å². The van der Waals surface area contributed by atoms with E-state index in [-0.39, 0.29) is 22.8 Å². The predicted octanol–water partition coefficient (Wildman–Crippen LogP) is 2.25. The first kappa shape index (κ1) is 13.9. The molecule has 0 unspecified atom stereocenters. The standard InChI is InChI=1S/C15H28N2O/c1-10(16)11-7-6-8-17(9-11)13(18)12-14(2,3)15(12,4)5/h10-12H,6-9,16H2,1-5H3/t10-,11+/m1/s1. The SMILES string of the molecule is C[C@@H](N)[C@H]1CCCN(C(=O)C2C(C)(C)C2(C)C)C1. The van der Waals surface area contributed by atoms with Crippen molar-refractivity contribution in [2.75, 3.05) is 13.1 Å². The summed E-state index contributed by atoms with van der Waals surface area (Å²) < 4.78 is 0. The van der Waals surface area contributed by atoms with Crippen LogP contribution in [0, 0.1) is 22.7 Å². The highest BCUT2D eigenvalue weighted by Crippen LogP contribution is 2.68. The van der Waals surface area contributed by atoms with E-state index in [1.807, 2.05) is 0 Å². The Kier molecular flexibility index (Phi) is 3.25. The van der Waals surface area contributed by atoms with Crippen LogP contribution in [0.1, 0.15) is 47.5 Å². The van der Waals surface area contributed by atoms with Gasteiger partial charge in [-0.25, -0.2) is 0 Å². The fraction of sp³-hybridized carbons (Fsp3) is 0.933. The molecular formula is C15H28N2O. The van der Waals surface area contributed by atoms with E-state index in [1.54, 1.807) is 0 Å². The Labute approximate surface area is 111 Å². The lowest BCUT2D eigenvalue weighted by Crippen LogP contribution is -2.46. The molecule has 0 radical (unpaired) electrons. The number of likely N-dealkylation sites (tertiary alicyclic amines) is 1. The Morgan fingerprint density at radius 3 is 2.28 bits per heavy atom. The van der Waals surface area contributed by atoms with Crippen molar-refractivity contribution >= 4 is 5.91 Å². The van der Waals surface area contributed by atoms with Gasteiger partial charge in [0.05, 0.1) is 0 Å². The normalized spacial score (nSPS) is 32.1.